The van der Waals surface area contributed by atoms with Crippen LogP contribution in [0.25, 0.3) is 6.08 Å². The van der Waals surface area contributed by atoms with Gasteiger partial charge in [0.2, 0.25) is 0 Å². The molecule has 0 aromatic heterocycles. The predicted molar refractivity (Wildman–Crippen MR) is 127 cm³/mol. The first-order chi connectivity index (χ1) is 15.8. The Hall–Kier alpha value is -3.90. The standard InChI is InChI=1S/C26H21ClN2O4/c1-16-8-10-20(12-17(16)2)29-25(31)21(24(30)28-26(29)32)13-19-9-11-23(22(27)14-19)33-15-18-6-4-3-5-7-18/h3-14H,15H2,1-2H3,(H,28,30,32)/b21-13+. The number of urea groups is 1. The van der Waals surface area contributed by atoms with Gasteiger partial charge in [-0.05, 0) is 66.4 Å². The number of ether oxygens (including phenoxy) is 1. The molecule has 1 heterocycles. The van der Waals surface area contributed by atoms with Crippen LogP contribution in [0.5, 0.6) is 5.75 Å². The van der Waals surface area contributed by atoms with Crippen molar-refractivity contribution in [2.45, 2.75) is 20.5 Å². The van der Waals surface area contributed by atoms with Crippen molar-refractivity contribution in [2.24, 2.45) is 0 Å². The molecule has 0 aliphatic carbocycles. The third-order valence-electron chi connectivity index (χ3n) is 5.35. The smallest absolute Gasteiger partial charge is 0.335 e. The van der Waals surface area contributed by atoms with E-state index < -0.39 is 17.8 Å². The van der Waals surface area contributed by atoms with Crippen LogP contribution in [0.15, 0.2) is 72.3 Å². The predicted octanol–water partition coefficient (Wildman–Crippen LogP) is 5.20. The van der Waals surface area contributed by atoms with Gasteiger partial charge in [0, 0.05) is 0 Å². The summed E-state index contributed by atoms with van der Waals surface area (Å²) in [4.78, 5) is 38.9. The van der Waals surface area contributed by atoms with Crippen LogP contribution in [-0.4, -0.2) is 17.8 Å². The number of anilines is 1. The van der Waals surface area contributed by atoms with Gasteiger partial charge in [0.25, 0.3) is 11.8 Å². The fourth-order valence-corrected chi connectivity index (χ4v) is 3.63. The van der Waals surface area contributed by atoms with Gasteiger partial charge in [-0.2, -0.15) is 0 Å². The van der Waals surface area contributed by atoms with Crippen LogP contribution in [0.4, 0.5) is 10.5 Å². The van der Waals surface area contributed by atoms with Crippen LogP contribution < -0.4 is 15.0 Å². The number of halogens is 1. The topological polar surface area (TPSA) is 75.7 Å². The number of rotatable bonds is 5. The zero-order valence-electron chi connectivity index (χ0n) is 18.1. The highest BCUT2D eigenvalue weighted by Gasteiger charge is 2.36. The van der Waals surface area contributed by atoms with Crippen molar-refractivity contribution < 1.29 is 19.1 Å². The molecule has 0 bridgehead atoms. The molecule has 0 saturated carbocycles. The van der Waals surface area contributed by atoms with Crippen LogP contribution in [0.3, 0.4) is 0 Å². The minimum absolute atomic E-state index is 0.165. The van der Waals surface area contributed by atoms with Gasteiger partial charge in [0.15, 0.2) is 0 Å². The van der Waals surface area contributed by atoms with E-state index in [4.69, 9.17) is 16.3 Å². The van der Waals surface area contributed by atoms with E-state index in [1.807, 2.05) is 50.2 Å². The Balaban J connectivity index is 1.58. The summed E-state index contributed by atoms with van der Waals surface area (Å²) in [6, 6.07) is 19.1. The first kappa shape index (κ1) is 22.3. The Morgan fingerprint density at radius 3 is 2.39 bits per heavy atom. The summed E-state index contributed by atoms with van der Waals surface area (Å²) in [5.41, 5.74) is 3.71. The molecule has 0 spiro atoms. The van der Waals surface area contributed by atoms with Crippen molar-refractivity contribution in [3.05, 3.63) is 99.6 Å². The summed E-state index contributed by atoms with van der Waals surface area (Å²) in [7, 11) is 0. The number of nitrogens with one attached hydrogen (secondary N) is 1. The molecule has 1 aliphatic rings. The zero-order valence-corrected chi connectivity index (χ0v) is 18.8. The molecule has 6 nitrogen and oxygen atoms in total. The van der Waals surface area contributed by atoms with E-state index in [2.05, 4.69) is 5.32 Å². The molecule has 1 N–H and O–H groups in total. The minimum atomic E-state index is -0.784. The van der Waals surface area contributed by atoms with Crippen LogP contribution in [0.2, 0.25) is 5.02 Å². The minimum Gasteiger partial charge on any atom is -0.487 e. The number of carbonyl (C=O) groups is 3. The fraction of sp³-hybridized carbons (Fsp3) is 0.115. The largest absolute Gasteiger partial charge is 0.487 e. The highest BCUT2D eigenvalue weighted by Crippen LogP contribution is 2.29. The van der Waals surface area contributed by atoms with Crippen LogP contribution in [0.1, 0.15) is 22.3 Å². The highest BCUT2D eigenvalue weighted by molar-refractivity contribution is 6.39. The molecule has 4 amide bonds. The lowest BCUT2D eigenvalue weighted by Crippen LogP contribution is -2.54. The average Bonchev–Trinajstić information content (AvgIpc) is 2.79. The molecule has 0 atom stereocenters. The summed E-state index contributed by atoms with van der Waals surface area (Å²) in [5.74, 6) is -0.979. The van der Waals surface area contributed by atoms with Gasteiger partial charge in [-0.25, -0.2) is 9.69 Å². The van der Waals surface area contributed by atoms with E-state index in [1.54, 1.807) is 30.3 Å². The summed E-state index contributed by atoms with van der Waals surface area (Å²) in [5, 5.41) is 2.57. The number of benzene rings is 3. The average molecular weight is 461 g/mol. The Morgan fingerprint density at radius 2 is 1.70 bits per heavy atom. The van der Waals surface area contributed by atoms with Gasteiger partial charge in [-0.3, -0.25) is 14.9 Å². The summed E-state index contributed by atoms with van der Waals surface area (Å²) < 4.78 is 5.77. The second-order valence-corrected chi connectivity index (χ2v) is 8.10. The Kier molecular flexibility index (Phi) is 6.29. The second kappa shape index (κ2) is 9.30. The third-order valence-corrected chi connectivity index (χ3v) is 5.65. The number of carbonyl (C=O) groups excluding carboxylic acids is 3. The second-order valence-electron chi connectivity index (χ2n) is 7.69. The van der Waals surface area contributed by atoms with E-state index >= 15 is 0 Å². The van der Waals surface area contributed by atoms with Crippen molar-refractivity contribution in [2.75, 3.05) is 4.90 Å². The van der Waals surface area contributed by atoms with Gasteiger partial charge in [-0.1, -0.05) is 54.1 Å². The molecule has 3 aromatic rings. The maximum atomic E-state index is 13.1. The molecule has 7 heteroatoms. The van der Waals surface area contributed by atoms with Gasteiger partial charge >= 0.3 is 6.03 Å². The monoisotopic (exact) mass is 460 g/mol. The van der Waals surface area contributed by atoms with E-state index in [-0.39, 0.29) is 5.57 Å². The normalized spacial score (nSPS) is 15.1. The highest BCUT2D eigenvalue weighted by atomic mass is 35.5. The lowest BCUT2D eigenvalue weighted by molar-refractivity contribution is -0.122. The Labute approximate surface area is 196 Å². The lowest BCUT2D eigenvalue weighted by Gasteiger charge is -2.26. The van der Waals surface area contributed by atoms with Gasteiger partial charge in [0.1, 0.15) is 17.9 Å². The van der Waals surface area contributed by atoms with Crippen molar-refractivity contribution in [3.63, 3.8) is 0 Å². The molecule has 33 heavy (non-hydrogen) atoms. The number of barbiturate groups is 1. The molecular weight excluding hydrogens is 440 g/mol. The number of aryl methyl sites for hydroxylation is 2. The molecule has 1 fully saturated rings. The number of amides is 4. The van der Waals surface area contributed by atoms with Gasteiger partial charge in [0.05, 0.1) is 10.7 Å². The first-order valence-corrected chi connectivity index (χ1v) is 10.7. The maximum absolute atomic E-state index is 13.1. The summed E-state index contributed by atoms with van der Waals surface area (Å²) in [6.07, 6.45) is 1.41. The van der Waals surface area contributed by atoms with E-state index in [0.717, 1.165) is 21.6 Å². The third kappa shape index (κ3) is 4.81. The van der Waals surface area contributed by atoms with E-state index in [9.17, 15) is 14.4 Å². The van der Waals surface area contributed by atoms with Crippen molar-refractivity contribution in [1.29, 1.82) is 0 Å². The summed E-state index contributed by atoms with van der Waals surface area (Å²) in [6.45, 7) is 4.18. The molecule has 1 aliphatic heterocycles. The molecule has 3 aromatic carbocycles. The molecule has 166 valence electrons. The molecule has 4 rings (SSSR count). The quantitative estimate of drug-likeness (QED) is 0.419. The van der Waals surface area contributed by atoms with Crippen molar-refractivity contribution >= 4 is 41.2 Å². The molecular formula is C26H21ClN2O4. The Morgan fingerprint density at radius 1 is 0.939 bits per heavy atom. The van der Waals surface area contributed by atoms with Crippen molar-refractivity contribution in [3.8, 4) is 5.75 Å². The first-order valence-electron chi connectivity index (χ1n) is 10.3. The summed E-state index contributed by atoms with van der Waals surface area (Å²) >= 11 is 6.36. The number of hydrogen-bond acceptors (Lipinski definition) is 4. The van der Waals surface area contributed by atoms with Gasteiger partial charge < -0.3 is 4.74 Å². The fourth-order valence-electron chi connectivity index (χ4n) is 3.38. The van der Waals surface area contributed by atoms with Crippen molar-refractivity contribution in [1.82, 2.24) is 5.32 Å². The lowest BCUT2D eigenvalue weighted by atomic mass is 10.0. The van der Waals surface area contributed by atoms with Crippen LogP contribution in [-0.2, 0) is 16.2 Å². The molecule has 0 radical (unpaired) electrons. The molecule has 1 saturated heterocycles. The van der Waals surface area contributed by atoms with Gasteiger partial charge in [-0.15, -0.1) is 0 Å². The maximum Gasteiger partial charge on any atom is 0.335 e. The SMILES string of the molecule is Cc1ccc(N2C(=O)NC(=O)/C(=C\c3ccc(OCc4ccccc4)c(Cl)c3)C2=O)cc1C. The van der Waals surface area contributed by atoms with E-state index in [1.165, 1.54) is 6.08 Å². The number of hydrogen-bond donors (Lipinski definition) is 1. The van der Waals surface area contributed by atoms with Crippen LogP contribution >= 0.6 is 11.6 Å². The molecule has 0 unspecified atom stereocenters. The Bertz CT molecular complexity index is 1280. The number of imide groups is 2. The van der Waals surface area contributed by atoms with Crippen LogP contribution in [0, 0.1) is 13.8 Å². The number of nitrogens with zero attached hydrogens (tertiary/aromatic N) is 1. The van der Waals surface area contributed by atoms with E-state index in [0.29, 0.717) is 28.6 Å². The zero-order chi connectivity index (χ0) is 23.5.